The molecule has 0 saturated carbocycles. The number of likely N-dealkylation sites (tertiary alicyclic amines) is 1. The summed E-state index contributed by atoms with van der Waals surface area (Å²) in [4.78, 5) is 43.9. The van der Waals surface area contributed by atoms with Crippen LogP contribution in [0.15, 0.2) is 59.3 Å². The van der Waals surface area contributed by atoms with Crippen LogP contribution >= 0.6 is 11.8 Å². The number of nitro benzene ring substituents is 1. The first-order valence-electron chi connectivity index (χ1n) is 13.8. The van der Waals surface area contributed by atoms with Gasteiger partial charge in [-0.3, -0.25) is 19.8 Å². The van der Waals surface area contributed by atoms with Gasteiger partial charge in [0.05, 0.1) is 23.0 Å². The lowest BCUT2D eigenvalue weighted by Crippen LogP contribution is -2.63. The summed E-state index contributed by atoms with van der Waals surface area (Å²) >= 11 is 1.65. The third-order valence-corrected chi connectivity index (χ3v) is 9.86. The summed E-state index contributed by atoms with van der Waals surface area (Å²) in [7, 11) is 2.12. The topological polar surface area (TPSA) is 116 Å². The van der Waals surface area contributed by atoms with E-state index in [2.05, 4.69) is 41.3 Å². The largest absolute Gasteiger partial charge is 0.456 e. The molecule has 10 nitrogen and oxygen atoms in total. The van der Waals surface area contributed by atoms with E-state index in [1.165, 1.54) is 17.0 Å². The molecule has 1 N–H and O–H groups in total. The third kappa shape index (κ3) is 5.55. The molecule has 0 aliphatic carbocycles. The van der Waals surface area contributed by atoms with Gasteiger partial charge in [0.15, 0.2) is 0 Å². The number of aliphatic hydroxyl groups excluding tert-OH is 1. The number of carbonyl (C=O) groups is 2. The van der Waals surface area contributed by atoms with E-state index >= 15 is 0 Å². The number of amides is 1. The number of rotatable bonds is 9. The van der Waals surface area contributed by atoms with Crippen LogP contribution in [0.3, 0.4) is 0 Å². The Labute approximate surface area is 238 Å². The van der Waals surface area contributed by atoms with Crippen molar-refractivity contribution < 1.29 is 24.4 Å². The van der Waals surface area contributed by atoms with Gasteiger partial charge in [-0.25, -0.2) is 4.79 Å². The van der Waals surface area contributed by atoms with Crippen molar-refractivity contribution in [3.8, 4) is 0 Å². The summed E-state index contributed by atoms with van der Waals surface area (Å²) in [6.45, 7) is 6.31. The number of thioether (sulfide) groups is 1. The van der Waals surface area contributed by atoms with Gasteiger partial charge in [-0.15, -0.1) is 11.8 Å². The van der Waals surface area contributed by atoms with Crippen molar-refractivity contribution in [2.45, 2.75) is 56.7 Å². The fourth-order valence-electron chi connectivity index (χ4n) is 6.08. The molecule has 6 atom stereocenters. The standard InChI is InChI=1S/C29H36N4O6S/c1-18-25-24(19(2)34)28(35)32(25)26(29(36)39-17-20-6-8-22(9-7-20)33(37)38)27(18)40-23-11-10-21(30(3)16-23)12-15-31-13-4-5-14-31/h4-9,12,15,18-19,21,23-25,34H,10-11,13-14,16-17H2,1-3H3/b15-12+/t18-,19-,21?,23?,24-,25-/m1/s1. The molecule has 1 amide bonds. The molecule has 0 bridgehead atoms. The minimum Gasteiger partial charge on any atom is -0.456 e. The van der Waals surface area contributed by atoms with E-state index in [9.17, 15) is 24.8 Å². The Kier molecular flexibility index (Phi) is 8.34. The van der Waals surface area contributed by atoms with Gasteiger partial charge in [0.2, 0.25) is 5.91 Å². The first-order valence-corrected chi connectivity index (χ1v) is 14.6. The number of nitrogens with zero attached hydrogens (tertiary/aromatic N) is 4. The zero-order chi connectivity index (χ0) is 28.6. The Morgan fingerprint density at radius 3 is 2.58 bits per heavy atom. The highest BCUT2D eigenvalue weighted by Gasteiger charge is 2.60. The van der Waals surface area contributed by atoms with E-state index in [4.69, 9.17) is 4.74 Å². The van der Waals surface area contributed by atoms with Gasteiger partial charge in [0.25, 0.3) is 5.69 Å². The molecule has 11 heteroatoms. The summed E-state index contributed by atoms with van der Waals surface area (Å²) in [6.07, 6.45) is 9.95. The zero-order valence-electron chi connectivity index (χ0n) is 23.0. The van der Waals surface area contributed by atoms with E-state index in [0.717, 1.165) is 37.4 Å². The lowest BCUT2D eigenvalue weighted by atomic mass is 9.79. The number of aliphatic hydroxyl groups is 1. The van der Waals surface area contributed by atoms with Crippen molar-refractivity contribution in [2.75, 3.05) is 26.7 Å². The molecule has 214 valence electrons. The summed E-state index contributed by atoms with van der Waals surface area (Å²) in [5.74, 6) is -1.49. The molecule has 4 aliphatic heterocycles. The van der Waals surface area contributed by atoms with E-state index < -0.39 is 22.9 Å². The lowest BCUT2D eigenvalue weighted by Gasteiger charge is -2.46. The second-order valence-electron chi connectivity index (χ2n) is 11.1. The summed E-state index contributed by atoms with van der Waals surface area (Å²) in [5.41, 5.74) is 0.853. The van der Waals surface area contributed by atoms with Gasteiger partial charge in [-0.2, -0.15) is 0 Å². The van der Waals surface area contributed by atoms with Crippen molar-refractivity contribution in [3.05, 3.63) is 75.0 Å². The maximum atomic E-state index is 13.4. The van der Waals surface area contributed by atoms with E-state index in [1.807, 2.05) is 6.92 Å². The minimum atomic E-state index is -0.808. The SMILES string of the molecule is C[C@@H](O)[C@H]1C(=O)N2C(C(=O)OCc3ccc([N+](=O)[O-])cc3)=C(SC3CCC(/C=C/N4CC=CC4)N(C)C3)[C@H](C)[C@H]12. The second kappa shape index (κ2) is 11.8. The molecule has 4 aliphatic rings. The van der Waals surface area contributed by atoms with Gasteiger partial charge in [0, 0.05) is 53.9 Å². The molecule has 5 rings (SSSR count). The fraction of sp³-hybridized carbons (Fsp3) is 0.517. The fourth-order valence-corrected chi connectivity index (χ4v) is 7.65. The number of β-lactam (4-membered cyclic amide) rings is 1. The normalized spacial score (nSPS) is 29.2. The highest BCUT2D eigenvalue weighted by molar-refractivity contribution is 8.03. The summed E-state index contributed by atoms with van der Waals surface area (Å²) < 4.78 is 5.63. The van der Waals surface area contributed by atoms with Crippen LogP contribution in [0, 0.1) is 22.0 Å². The molecule has 40 heavy (non-hydrogen) atoms. The number of hydrogen-bond acceptors (Lipinski definition) is 9. The molecule has 4 heterocycles. The lowest BCUT2D eigenvalue weighted by molar-refractivity contribution is -0.384. The van der Waals surface area contributed by atoms with Crippen LogP contribution in [0.2, 0.25) is 0 Å². The number of esters is 1. The van der Waals surface area contributed by atoms with Gasteiger partial charge in [-0.05, 0) is 50.7 Å². The molecule has 2 saturated heterocycles. The van der Waals surface area contributed by atoms with Crippen LogP contribution in [0.1, 0.15) is 32.3 Å². The van der Waals surface area contributed by atoms with Crippen LogP contribution in [0.4, 0.5) is 5.69 Å². The molecule has 0 spiro atoms. The average molecular weight is 569 g/mol. The number of ether oxygens (including phenoxy) is 1. The molecule has 1 aromatic carbocycles. The Morgan fingerprint density at radius 1 is 1.25 bits per heavy atom. The van der Waals surface area contributed by atoms with Gasteiger partial charge in [-0.1, -0.05) is 25.2 Å². The molecule has 1 aromatic rings. The Hall–Kier alpha value is -3.15. The number of carbonyl (C=O) groups excluding carboxylic acids is 2. The monoisotopic (exact) mass is 568 g/mol. The number of likely N-dealkylation sites (N-methyl/N-ethyl adjacent to an activating group) is 1. The van der Waals surface area contributed by atoms with Crippen LogP contribution in [-0.4, -0.2) is 86.7 Å². The minimum absolute atomic E-state index is 0.0393. The summed E-state index contributed by atoms with van der Waals surface area (Å²) in [6, 6.07) is 5.91. The first-order chi connectivity index (χ1) is 19.2. The maximum absolute atomic E-state index is 13.4. The molecule has 2 unspecified atom stereocenters. The number of non-ortho nitro benzene ring substituents is 1. The predicted octanol–water partition coefficient (Wildman–Crippen LogP) is 3.29. The summed E-state index contributed by atoms with van der Waals surface area (Å²) in [5, 5.41) is 21.5. The highest BCUT2D eigenvalue weighted by Crippen LogP contribution is 2.52. The van der Waals surface area contributed by atoms with Gasteiger partial charge < -0.3 is 19.6 Å². The number of fused-ring (bicyclic) bond motifs is 1. The van der Waals surface area contributed by atoms with Crippen LogP contribution in [0.5, 0.6) is 0 Å². The second-order valence-corrected chi connectivity index (χ2v) is 12.4. The van der Waals surface area contributed by atoms with Crippen molar-refractivity contribution in [2.24, 2.45) is 11.8 Å². The average Bonchev–Trinajstić information content (AvgIpc) is 3.52. The number of benzene rings is 1. The maximum Gasteiger partial charge on any atom is 0.356 e. The molecule has 0 radical (unpaired) electrons. The molecule has 2 fully saturated rings. The number of piperidine rings is 1. The van der Waals surface area contributed by atoms with Crippen molar-refractivity contribution in [1.82, 2.24) is 14.7 Å². The van der Waals surface area contributed by atoms with Crippen LogP contribution in [0.25, 0.3) is 0 Å². The predicted molar refractivity (Wildman–Crippen MR) is 152 cm³/mol. The number of nitro groups is 1. The molecular weight excluding hydrogens is 532 g/mol. The highest BCUT2D eigenvalue weighted by atomic mass is 32.2. The molecular formula is C29H36N4O6S. The quantitative estimate of drug-likeness (QED) is 0.157. The molecule has 0 aromatic heterocycles. The third-order valence-electron chi connectivity index (χ3n) is 8.32. The van der Waals surface area contributed by atoms with Gasteiger partial charge >= 0.3 is 5.97 Å². The van der Waals surface area contributed by atoms with E-state index in [-0.39, 0.29) is 41.1 Å². The van der Waals surface area contributed by atoms with E-state index in [0.29, 0.717) is 11.6 Å². The number of hydrogen-bond donors (Lipinski definition) is 1. The smallest absolute Gasteiger partial charge is 0.356 e. The zero-order valence-corrected chi connectivity index (χ0v) is 23.8. The van der Waals surface area contributed by atoms with Crippen molar-refractivity contribution >= 4 is 29.3 Å². The Bertz CT molecular complexity index is 1240. The van der Waals surface area contributed by atoms with Crippen molar-refractivity contribution in [1.29, 1.82) is 0 Å². The van der Waals surface area contributed by atoms with Crippen LogP contribution in [-0.2, 0) is 20.9 Å². The Balaban J connectivity index is 1.29. The van der Waals surface area contributed by atoms with Crippen molar-refractivity contribution in [3.63, 3.8) is 0 Å². The van der Waals surface area contributed by atoms with E-state index in [1.54, 1.807) is 30.8 Å². The Morgan fingerprint density at radius 2 is 1.95 bits per heavy atom. The first kappa shape index (κ1) is 28.4. The van der Waals surface area contributed by atoms with Crippen LogP contribution < -0.4 is 0 Å². The van der Waals surface area contributed by atoms with Gasteiger partial charge in [0.1, 0.15) is 12.3 Å².